The van der Waals surface area contributed by atoms with Gasteiger partial charge in [0.2, 0.25) is 0 Å². The van der Waals surface area contributed by atoms with Gasteiger partial charge in [-0.05, 0) is 42.5 Å². The van der Waals surface area contributed by atoms with Gasteiger partial charge >= 0.3 is 0 Å². The van der Waals surface area contributed by atoms with Gasteiger partial charge in [-0.15, -0.1) is 10.1 Å². The molecule has 1 N–H and O–H groups in total. The Hall–Kier alpha value is -3.90. The van der Waals surface area contributed by atoms with Gasteiger partial charge in [-0.2, -0.15) is 0 Å². The minimum atomic E-state index is -0.976. The fourth-order valence-electron chi connectivity index (χ4n) is 4.29. The van der Waals surface area contributed by atoms with Crippen molar-refractivity contribution in [2.75, 3.05) is 64.5 Å². The zero-order valence-electron chi connectivity index (χ0n) is 19.9. The number of fused-ring (bicyclic) bond motifs is 1. The summed E-state index contributed by atoms with van der Waals surface area (Å²) >= 11 is 0. The van der Waals surface area contributed by atoms with E-state index in [-0.39, 0.29) is 24.3 Å². The Morgan fingerprint density at radius 2 is 1.67 bits per heavy atom. The highest BCUT2D eigenvalue weighted by atomic mass is 16.9. The molecular formula is C24H28N4O8. The Labute approximate surface area is 207 Å². The highest BCUT2D eigenvalue weighted by Gasteiger charge is 2.35. The number of piperazine rings is 1. The summed E-state index contributed by atoms with van der Waals surface area (Å²) in [4.78, 5) is 44.8. The van der Waals surface area contributed by atoms with Crippen molar-refractivity contribution in [3.63, 3.8) is 0 Å². The second-order valence-corrected chi connectivity index (χ2v) is 8.48. The Balaban J connectivity index is 1.24. The summed E-state index contributed by atoms with van der Waals surface area (Å²) in [6.07, 6.45) is -0.737. The topological polar surface area (TPSA) is 135 Å². The number of benzene rings is 2. The number of anilines is 1. The number of hydrogen-bond donors (Lipinski definition) is 1. The third kappa shape index (κ3) is 5.83. The number of hydrogen-bond acceptors (Lipinski definition) is 10. The average molecular weight is 501 g/mol. The molecule has 1 atom stereocenters. The Morgan fingerprint density at radius 3 is 2.33 bits per heavy atom. The smallest absolute Gasteiger partial charge is 0.294 e. The van der Waals surface area contributed by atoms with Gasteiger partial charge in [0.05, 0.1) is 24.8 Å². The Morgan fingerprint density at radius 1 is 1.00 bits per heavy atom. The van der Waals surface area contributed by atoms with Crippen LogP contribution in [-0.2, 0) is 4.84 Å². The van der Waals surface area contributed by atoms with Crippen LogP contribution in [0.4, 0.5) is 5.69 Å². The standard InChI is InChI=1S/C24H28N4O8/c1-34-19-4-2-17(3-5-19)26-10-8-25(9-11-26)15-18(29)16-35-20-6-7-21-22(14-20)24(31)27(23(21)30)12-13-36-28(32)33/h2-7,14,18,29H,8-13,15-16H2,1H3. The van der Waals surface area contributed by atoms with Crippen molar-refractivity contribution >= 4 is 17.5 Å². The highest BCUT2D eigenvalue weighted by Crippen LogP contribution is 2.27. The lowest BCUT2D eigenvalue weighted by Crippen LogP contribution is -2.49. The molecule has 192 valence electrons. The zero-order valence-corrected chi connectivity index (χ0v) is 19.9. The molecule has 4 rings (SSSR count). The van der Waals surface area contributed by atoms with Crippen LogP contribution in [0.3, 0.4) is 0 Å². The molecule has 2 aliphatic rings. The number of amides is 2. The van der Waals surface area contributed by atoms with E-state index in [4.69, 9.17) is 9.47 Å². The SMILES string of the molecule is COc1ccc(N2CCN(CC(O)COc3ccc4c(c3)C(=O)N(CCO[N+](=O)[O-])C4=O)CC2)cc1. The molecule has 0 saturated carbocycles. The molecule has 12 nitrogen and oxygen atoms in total. The second-order valence-electron chi connectivity index (χ2n) is 8.48. The third-order valence-electron chi connectivity index (χ3n) is 6.17. The normalized spacial score (nSPS) is 16.6. The molecule has 0 radical (unpaired) electrons. The zero-order chi connectivity index (χ0) is 25.7. The van der Waals surface area contributed by atoms with Crippen LogP contribution in [0.1, 0.15) is 20.7 Å². The molecule has 2 heterocycles. The molecule has 2 amide bonds. The fraction of sp³-hybridized carbons (Fsp3) is 0.417. The van der Waals surface area contributed by atoms with E-state index in [1.54, 1.807) is 13.2 Å². The van der Waals surface area contributed by atoms with E-state index in [0.717, 1.165) is 42.5 Å². The van der Waals surface area contributed by atoms with Crippen LogP contribution in [0.2, 0.25) is 0 Å². The fourth-order valence-corrected chi connectivity index (χ4v) is 4.29. The van der Waals surface area contributed by atoms with E-state index in [1.807, 2.05) is 24.3 Å². The van der Waals surface area contributed by atoms with E-state index >= 15 is 0 Å². The number of ether oxygens (including phenoxy) is 2. The predicted octanol–water partition coefficient (Wildman–Crippen LogP) is 1.06. The van der Waals surface area contributed by atoms with Crippen LogP contribution < -0.4 is 14.4 Å². The Kier molecular flexibility index (Phi) is 7.86. The lowest BCUT2D eigenvalue weighted by Gasteiger charge is -2.36. The highest BCUT2D eigenvalue weighted by molar-refractivity contribution is 6.21. The van der Waals surface area contributed by atoms with Crippen LogP contribution in [0.15, 0.2) is 42.5 Å². The first-order valence-electron chi connectivity index (χ1n) is 11.6. The summed E-state index contributed by atoms with van der Waals surface area (Å²) in [5.41, 5.74) is 1.49. The number of aliphatic hydroxyl groups is 1. The van der Waals surface area contributed by atoms with Crippen LogP contribution in [0.5, 0.6) is 11.5 Å². The lowest BCUT2D eigenvalue weighted by molar-refractivity contribution is -0.757. The van der Waals surface area contributed by atoms with Gasteiger partial charge in [0.25, 0.3) is 16.9 Å². The summed E-state index contributed by atoms with van der Waals surface area (Å²) in [5, 5.41) is 19.8. The number of carbonyl (C=O) groups excluding carboxylic acids is 2. The van der Waals surface area contributed by atoms with Crippen molar-refractivity contribution in [2.45, 2.75) is 6.10 Å². The predicted molar refractivity (Wildman–Crippen MR) is 128 cm³/mol. The first-order chi connectivity index (χ1) is 17.4. The van der Waals surface area contributed by atoms with Crippen LogP contribution in [0, 0.1) is 10.1 Å². The van der Waals surface area contributed by atoms with Gasteiger partial charge in [-0.3, -0.25) is 19.4 Å². The molecule has 0 spiro atoms. The van der Waals surface area contributed by atoms with Crippen LogP contribution >= 0.6 is 0 Å². The van der Waals surface area contributed by atoms with Gasteiger partial charge in [-0.1, -0.05) is 0 Å². The van der Waals surface area contributed by atoms with Crippen LogP contribution in [-0.4, -0.2) is 97.5 Å². The maximum atomic E-state index is 12.6. The number of imide groups is 1. The van der Waals surface area contributed by atoms with Crippen molar-refractivity contribution in [2.24, 2.45) is 0 Å². The van der Waals surface area contributed by atoms with Gasteiger partial charge in [-0.25, -0.2) is 0 Å². The number of rotatable bonds is 11. The molecule has 0 bridgehead atoms. The number of carbonyl (C=O) groups is 2. The van der Waals surface area contributed by atoms with Crippen molar-refractivity contribution in [3.05, 3.63) is 63.7 Å². The van der Waals surface area contributed by atoms with Crippen LogP contribution in [0.25, 0.3) is 0 Å². The van der Waals surface area contributed by atoms with E-state index < -0.39 is 29.6 Å². The van der Waals surface area contributed by atoms with Crippen molar-refractivity contribution in [1.29, 1.82) is 0 Å². The second kappa shape index (κ2) is 11.2. The minimum Gasteiger partial charge on any atom is -0.497 e. The monoisotopic (exact) mass is 500 g/mol. The van der Waals surface area contributed by atoms with Gasteiger partial charge in [0, 0.05) is 38.4 Å². The van der Waals surface area contributed by atoms with Gasteiger partial charge < -0.3 is 24.3 Å². The first-order valence-corrected chi connectivity index (χ1v) is 11.6. The summed E-state index contributed by atoms with van der Waals surface area (Å²) in [5.74, 6) is 0.0612. The van der Waals surface area contributed by atoms with E-state index in [0.29, 0.717) is 12.3 Å². The third-order valence-corrected chi connectivity index (χ3v) is 6.17. The van der Waals surface area contributed by atoms with Crippen molar-refractivity contribution < 1.29 is 34.1 Å². The molecule has 2 aromatic carbocycles. The molecule has 12 heteroatoms. The lowest BCUT2D eigenvalue weighted by atomic mass is 10.1. The van der Waals surface area contributed by atoms with Gasteiger partial charge in [0.1, 0.15) is 30.8 Å². The van der Waals surface area contributed by atoms with Crippen molar-refractivity contribution in [1.82, 2.24) is 9.80 Å². The number of β-amino-alcohol motifs (C(OH)–C–C–N with tert-alkyl or cyclic N) is 1. The summed E-state index contributed by atoms with van der Waals surface area (Å²) in [6, 6.07) is 12.4. The van der Waals surface area contributed by atoms with E-state index in [9.17, 15) is 24.8 Å². The van der Waals surface area contributed by atoms with Crippen molar-refractivity contribution in [3.8, 4) is 11.5 Å². The average Bonchev–Trinajstić information content (AvgIpc) is 3.12. The number of methoxy groups -OCH3 is 1. The summed E-state index contributed by atoms with van der Waals surface area (Å²) in [6.45, 7) is 3.12. The molecule has 0 aromatic heterocycles. The quantitative estimate of drug-likeness (QED) is 0.271. The summed E-state index contributed by atoms with van der Waals surface area (Å²) in [7, 11) is 1.64. The maximum Gasteiger partial charge on any atom is 0.294 e. The molecule has 1 saturated heterocycles. The van der Waals surface area contributed by atoms with E-state index in [2.05, 4.69) is 14.6 Å². The number of nitrogens with zero attached hydrogens (tertiary/aromatic N) is 4. The van der Waals surface area contributed by atoms with E-state index in [1.165, 1.54) is 12.1 Å². The molecule has 1 fully saturated rings. The molecule has 36 heavy (non-hydrogen) atoms. The largest absolute Gasteiger partial charge is 0.497 e. The number of aliphatic hydroxyl groups excluding tert-OH is 1. The molecule has 0 aliphatic carbocycles. The summed E-state index contributed by atoms with van der Waals surface area (Å²) < 4.78 is 10.9. The molecule has 2 aliphatic heterocycles. The molecule has 1 unspecified atom stereocenters. The maximum absolute atomic E-state index is 12.6. The Bertz CT molecular complexity index is 1100. The molecular weight excluding hydrogens is 472 g/mol. The first kappa shape index (κ1) is 25.2. The van der Waals surface area contributed by atoms with Gasteiger partial charge in [0.15, 0.2) is 0 Å². The minimum absolute atomic E-state index is 0.0278. The molecule has 2 aromatic rings.